The van der Waals surface area contributed by atoms with Gasteiger partial charge in [-0.05, 0) is 40.2 Å². The van der Waals surface area contributed by atoms with E-state index in [2.05, 4.69) is 21.2 Å². The molecule has 1 amide bonds. The zero-order valence-electron chi connectivity index (χ0n) is 12.1. The molecular formula is C14H20BrNO4S. The van der Waals surface area contributed by atoms with E-state index in [1.54, 1.807) is 38.1 Å². The first kappa shape index (κ1) is 18.1. The Morgan fingerprint density at radius 3 is 2.43 bits per heavy atom. The van der Waals surface area contributed by atoms with E-state index < -0.39 is 0 Å². The summed E-state index contributed by atoms with van der Waals surface area (Å²) in [5.41, 5.74) is 0.493. The molecule has 2 N–H and O–H groups in total. The number of aliphatic hydroxyl groups excluding tert-OH is 1. The number of benzene rings is 1. The second-order valence-corrected chi connectivity index (χ2v) is 6.16. The van der Waals surface area contributed by atoms with Crippen LogP contribution in [0, 0.1) is 0 Å². The van der Waals surface area contributed by atoms with Gasteiger partial charge in [0.15, 0.2) is 0 Å². The van der Waals surface area contributed by atoms with Crippen molar-refractivity contribution in [1.82, 2.24) is 5.32 Å². The molecule has 0 fully saturated rings. The number of halogens is 1. The molecule has 0 spiro atoms. The van der Waals surface area contributed by atoms with E-state index in [-0.39, 0.29) is 12.5 Å². The van der Waals surface area contributed by atoms with E-state index in [9.17, 15) is 4.79 Å². The highest BCUT2D eigenvalue weighted by atomic mass is 79.9. The number of carbonyl (C=O) groups excluding carboxylic acids is 1. The predicted molar refractivity (Wildman–Crippen MR) is 88.6 cm³/mol. The number of aliphatic hydroxyl groups is 1. The van der Waals surface area contributed by atoms with Gasteiger partial charge in [0.2, 0.25) is 0 Å². The molecule has 1 rings (SSSR count). The quantitative estimate of drug-likeness (QED) is 0.646. The van der Waals surface area contributed by atoms with Crippen molar-refractivity contribution in [3.05, 3.63) is 22.2 Å². The molecule has 118 valence electrons. The highest BCUT2D eigenvalue weighted by Gasteiger charge is 2.14. The molecule has 0 saturated carbocycles. The lowest BCUT2D eigenvalue weighted by molar-refractivity contribution is 0.0955. The number of amides is 1. The summed E-state index contributed by atoms with van der Waals surface area (Å²) < 4.78 is 11.1. The van der Waals surface area contributed by atoms with Crippen molar-refractivity contribution in [3.8, 4) is 11.5 Å². The van der Waals surface area contributed by atoms with Crippen LogP contribution < -0.4 is 14.8 Å². The molecule has 0 atom stereocenters. The molecule has 0 saturated heterocycles. The largest absolute Gasteiger partial charge is 0.495 e. The van der Waals surface area contributed by atoms with Crippen LogP contribution in [0.5, 0.6) is 11.5 Å². The zero-order valence-corrected chi connectivity index (χ0v) is 14.6. The van der Waals surface area contributed by atoms with Gasteiger partial charge in [0.25, 0.3) is 5.91 Å². The molecule has 0 heterocycles. The lowest BCUT2D eigenvalue weighted by atomic mass is 10.2. The molecule has 5 nitrogen and oxygen atoms in total. The lowest BCUT2D eigenvalue weighted by Gasteiger charge is -2.11. The van der Waals surface area contributed by atoms with E-state index in [4.69, 9.17) is 14.6 Å². The highest BCUT2D eigenvalue weighted by molar-refractivity contribution is 9.10. The maximum absolute atomic E-state index is 12.1. The standard InChI is InChI=1S/C14H20BrNO4S/c1-19-11-8-10(9-12(20-2)13(11)15)14(18)16-4-7-21-6-3-5-17/h8-9,17H,3-7H2,1-2H3,(H,16,18). The van der Waals surface area contributed by atoms with Gasteiger partial charge in [-0.15, -0.1) is 0 Å². The Morgan fingerprint density at radius 2 is 1.90 bits per heavy atom. The Morgan fingerprint density at radius 1 is 1.29 bits per heavy atom. The average molecular weight is 378 g/mol. The fourth-order valence-electron chi connectivity index (χ4n) is 1.61. The van der Waals surface area contributed by atoms with Crippen molar-refractivity contribution < 1.29 is 19.4 Å². The number of ether oxygens (including phenoxy) is 2. The van der Waals surface area contributed by atoms with E-state index >= 15 is 0 Å². The summed E-state index contributed by atoms with van der Waals surface area (Å²) in [6.45, 7) is 0.785. The molecule has 0 aliphatic heterocycles. The number of hydrogen-bond donors (Lipinski definition) is 2. The van der Waals surface area contributed by atoms with Crippen LogP contribution in [0.2, 0.25) is 0 Å². The molecule has 7 heteroatoms. The van der Waals surface area contributed by atoms with Crippen LogP contribution in [0.25, 0.3) is 0 Å². The molecule has 21 heavy (non-hydrogen) atoms. The number of thioether (sulfide) groups is 1. The topological polar surface area (TPSA) is 67.8 Å². The first-order valence-corrected chi connectivity index (χ1v) is 8.47. The third-order valence-corrected chi connectivity index (χ3v) is 4.54. The maximum atomic E-state index is 12.1. The molecule has 1 aromatic carbocycles. The van der Waals surface area contributed by atoms with Gasteiger partial charge in [-0.1, -0.05) is 0 Å². The lowest BCUT2D eigenvalue weighted by Crippen LogP contribution is -2.25. The van der Waals surface area contributed by atoms with Gasteiger partial charge in [0.05, 0.1) is 14.2 Å². The fourth-order valence-corrected chi connectivity index (χ4v) is 2.94. The third-order valence-electron chi connectivity index (χ3n) is 2.69. The first-order chi connectivity index (χ1) is 10.1. The van der Waals surface area contributed by atoms with E-state index in [0.29, 0.717) is 28.1 Å². The SMILES string of the molecule is COc1cc(C(=O)NCCSCCCO)cc(OC)c1Br. The summed E-state index contributed by atoms with van der Waals surface area (Å²) in [5.74, 6) is 2.65. The molecule has 0 aliphatic carbocycles. The molecular weight excluding hydrogens is 358 g/mol. The van der Waals surface area contributed by atoms with Crippen molar-refractivity contribution in [2.75, 3.05) is 38.9 Å². The van der Waals surface area contributed by atoms with Crippen LogP contribution in [0.3, 0.4) is 0 Å². The van der Waals surface area contributed by atoms with E-state index in [1.807, 2.05) is 0 Å². The summed E-state index contributed by atoms with van der Waals surface area (Å²) in [7, 11) is 3.08. The van der Waals surface area contributed by atoms with Crippen molar-refractivity contribution in [1.29, 1.82) is 0 Å². The average Bonchev–Trinajstić information content (AvgIpc) is 2.50. The molecule has 0 bridgehead atoms. The van der Waals surface area contributed by atoms with Gasteiger partial charge in [-0.2, -0.15) is 11.8 Å². The molecule has 0 aliphatic rings. The highest BCUT2D eigenvalue weighted by Crippen LogP contribution is 2.35. The van der Waals surface area contributed by atoms with E-state index in [0.717, 1.165) is 17.9 Å². The maximum Gasteiger partial charge on any atom is 0.251 e. The second kappa shape index (κ2) is 9.92. The Balaban J connectivity index is 2.57. The predicted octanol–water partition coefficient (Wildman–Crippen LogP) is 2.31. The Labute approximate surface area is 137 Å². The normalized spacial score (nSPS) is 10.3. The van der Waals surface area contributed by atoms with Crippen LogP contribution in [0.1, 0.15) is 16.8 Å². The van der Waals surface area contributed by atoms with Gasteiger partial charge < -0.3 is 19.9 Å². The van der Waals surface area contributed by atoms with Gasteiger partial charge in [0.1, 0.15) is 16.0 Å². The smallest absolute Gasteiger partial charge is 0.251 e. The summed E-state index contributed by atoms with van der Waals surface area (Å²) in [4.78, 5) is 12.1. The number of methoxy groups -OCH3 is 2. The summed E-state index contributed by atoms with van der Waals surface area (Å²) >= 11 is 5.07. The minimum atomic E-state index is -0.165. The molecule has 0 aromatic heterocycles. The van der Waals surface area contributed by atoms with Crippen molar-refractivity contribution in [2.24, 2.45) is 0 Å². The van der Waals surface area contributed by atoms with Crippen LogP contribution in [0.4, 0.5) is 0 Å². The van der Waals surface area contributed by atoms with Crippen LogP contribution in [0.15, 0.2) is 16.6 Å². The number of rotatable bonds is 9. The van der Waals surface area contributed by atoms with Crippen molar-refractivity contribution >= 4 is 33.6 Å². The summed E-state index contributed by atoms with van der Waals surface area (Å²) in [6, 6.07) is 3.34. The molecule has 0 unspecified atom stereocenters. The van der Waals surface area contributed by atoms with Gasteiger partial charge >= 0.3 is 0 Å². The first-order valence-electron chi connectivity index (χ1n) is 6.52. The van der Waals surface area contributed by atoms with Crippen LogP contribution in [-0.4, -0.2) is 49.9 Å². The zero-order chi connectivity index (χ0) is 15.7. The van der Waals surface area contributed by atoms with Gasteiger partial charge in [-0.3, -0.25) is 4.79 Å². The minimum Gasteiger partial charge on any atom is -0.495 e. The van der Waals surface area contributed by atoms with Gasteiger partial charge in [0, 0.05) is 24.5 Å². The minimum absolute atomic E-state index is 0.165. The Hall–Kier alpha value is -0.920. The van der Waals surface area contributed by atoms with Crippen LogP contribution >= 0.6 is 27.7 Å². The fraction of sp³-hybridized carbons (Fsp3) is 0.500. The number of hydrogen-bond acceptors (Lipinski definition) is 5. The molecule has 0 radical (unpaired) electrons. The monoisotopic (exact) mass is 377 g/mol. The van der Waals surface area contributed by atoms with Crippen LogP contribution in [-0.2, 0) is 0 Å². The van der Waals surface area contributed by atoms with E-state index in [1.165, 1.54) is 0 Å². The Kier molecular flexibility index (Phi) is 8.56. The second-order valence-electron chi connectivity index (χ2n) is 4.14. The number of carbonyl (C=O) groups is 1. The Bertz CT molecular complexity index is 445. The third kappa shape index (κ3) is 5.76. The summed E-state index contributed by atoms with van der Waals surface area (Å²) in [6.07, 6.45) is 0.778. The van der Waals surface area contributed by atoms with Crippen molar-refractivity contribution in [3.63, 3.8) is 0 Å². The summed E-state index contributed by atoms with van der Waals surface area (Å²) in [5, 5.41) is 11.5. The number of nitrogens with one attached hydrogen (secondary N) is 1. The molecule has 1 aromatic rings. The van der Waals surface area contributed by atoms with Crippen molar-refractivity contribution in [2.45, 2.75) is 6.42 Å². The van der Waals surface area contributed by atoms with Gasteiger partial charge in [-0.25, -0.2) is 0 Å².